The zero-order valence-electron chi connectivity index (χ0n) is 31.4. The number of amides is 4. The Bertz CT molecular complexity index is 2150. The Hall–Kier alpha value is -6.03. The second-order valence-corrected chi connectivity index (χ2v) is 15.1. The summed E-state index contributed by atoms with van der Waals surface area (Å²) in [6, 6.07) is 14.5. The second-order valence-electron chi connectivity index (χ2n) is 14.4. The first-order chi connectivity index (χ1) is 27.1. The third kappa shape index (κ3) is 8.29. The number of ether oxygens (including phenoxy) is 1. The molecule has 2 aromatic carbocycles. The van der Waals surface area contributed by atoms with E-state index in [1.165, 1.54) is 18.4 Å². The maximum Gasteiger partial charge on any atom is 0.407 e. The number of thiazole rings is 1. The van der Waals surface area contributed by atoms with Gasteiger partial charge in [-0.05, 0) is 53.9 Å². The summed E-state index contributed by atoms with van der Waals surface area (Å²) >= 11 is 1.40. The van der Waals surface area contributed by atoms with Gasteiger partial charge in [-0.1, -0.05) is 62.4 Å². The van der Waals surface area contributed by atoms with Gasteiger partial charge in [0.15, 0.2) is 0 Å². The number of nitrogens with one attached hydrogen (secondary N) is 4. The van der Waals surface area contributed by atoms with E-state index in [1.54, 1.807) is 22.8 Å². The number of aromatic nitrogens is 5. The van der Waals surface area contributed by atoms with E-state index in [0.717, 1.165) is 65.1 Å². The molecule has 5 heterocycles. The maximum absolute atomic E-state index is 13.5. The molecule has 56 heavy (non-hydrogen) atoms. The largest absolute Gasteiger partial charge is 0.465 e. The molecule has 7 rings (SSSR count). The van der Waals surface area contributed by atoms with Crippen molar-refractivity contribution >= 4 is 35.3 Å². The molecule has 4 atom stereocenters. The summed E-state index contributed by atoms with van der Waals surface area (Å²) in [6.45, 7) is 4.81. The minimum absolute atomic E-state index is 0.0597. The summed E-state index contributed by atoms with van der Waals surface area (Å²) in [5, 5.41) is 16.2. The number of rotatable bonds is 12. The number of hydrogen-bond acceptors (Lipinski definition) is 9. The van der Waals surface area contributed by atoms with Crippen molar-refractivity contribution < 1.29 is 29.0 Å². The molecule has 2 aliphatic rings. The molecule has 2 saturated heterocycles. The number of H-pyrrole nitrogens is 2. The van der Waals surface area contributed by atoms with Crippen molar-refractivity contribution in [2.45, 2.75) is 70.1 Å². The number of imidazole rings is 2. The predicted molar refractivity (Wildman–Crippen MR) is 209 cm³/mol. The monoisotopic (exact) mass is 779 g/mol. The first-order valence-corrected chi connectivity index (χ1v) is 19.7. The van der Waals surface area contributed by atoms with Crippen molar-refractivity contribution in [2.75, 3.05) is 20.2 Å². The number of methoxy groups -OCH3 is 1. The van der Waals surface area contributed by atoms with Crippen molar-refractivity contribution in [3.05, 3.63) is 89.2 Å². The third-order valence-electron chi connectivity index (χ3n) is 10.5. The molecule has 2 unspecified atom stereocenters. The highest BCUT2D eigenvalue weighted by molar-refractivity contribution is 7.07. The van der Waals surface area contributed by atoms with E-state index in [-0.39, 0.29) is 36.2 Å². The van der Waals surface area contributed by atoms with Crippen LogP contribution in [-0.2, 0) is 14.3 Å². The van der Waals surface area contributed by atoms with Crippen LogP contribution in [0.5, 0.6) is 0 Å². The molecule has 4 amide bonds. The van der Waals surface area contributed by atoms with Gasteiger partial charge < -0.3 is 40.2 Å². The maximum atomic E-state index is 13.5. The van der Waals surface area contributed by atoms with Gasteiger partial charge in [0.05, 0.1) is 66.6 Å². The number of nitrogens with zero attached hydrogens (tertiary/aromatic N) is 5. The van der Waals surface area contributed by atoms with Crippen molar-refractivity contribution in [1.82, 2.24) is 45.4 Å². The molecule has 0 aliphatic carbocycles. The van der Waals surface area contributed by atoms with Gasteiger partial charge in [0.1, 0.15) is 17.7 Å². The van der Waals surface area contributed by atoms with Gasteiger partial charge in [-0.3, -0.25) is 9.59 Å². The molecule has 5 N–H and O–H groups in total. The number of carbonyl (C=O) groups is 4. The van der Waals surface area contributed by atoms with Crippen molar-refractivity contribution in [2.24, 2.45) is 5.92 Å². The van der Waals surface area contributed by atoms with Crippen LogP contribution in [-0.4, -0.2) is 90.1 Å². The highest BCUT2D eigenvalue weighted by atomic mass is 32.1. The first-order valence-electron chi connectivity index (χ1n) is 18.7. The minimum atomic E-state index is -1.21. The number of carbonyl (C=O) groups excluding carboxylic acids is 3. The molecule has 3 aromatic heterocycles. The average molecular weight is 780 g/mol. The van der Waals surface area contributed by atoms with Gasteiger partial charge >= 0.3 is 12.2 Å². The molecular formula is C40H45N9O6S. The first kappa shape index (κ1) is 38.3. The van der Waals surface area contributed by atoms with Gasteiger partial charge in [0, 0.05) is 18.5 Å². The van der Waals surface area contributed by atoms with Crippen LogP contribution in [0.1, 0.15) is 81.4 Å². The summed E-state index contributed by atoms with van der Waals surface area (Å²) in [5.74, 6) is 0.893. The Morgan fingerprint density at radius 1 is 0.821 bits per heavy atom. The minimum Gasteiger partial charge on any atom is -0.465 e. The Balaban J connectivity index is 0.989. The highest BCUT2D eigenvalue weighted by Crippen LogP contribution is 2.35. The van der Waals surface area contributed by atoms with E-state index in [9.17, 15) is 24.3 Å². The molecule has 0 spiro atoms. The molecule has 15 nitrogen and oxygen atoms in total. The standard InChI is InChI=1S/C40H45N9O6S/c1-23(2)35(47-39(52)53)38(51)49-17-5-7-33(49)37-42-20-30(45-37)27-14-10-25(11-15-27)24-8-12-26(13-9-24)29-19-41-36(44-29)32-6-4-16-48(32)34(50)18-28(46-40(54)55-3)31-21-56-22-43-31/h8-15,19-23,28,32-33,35,47H,4-7,16-18H2,1-3H3,(H,41,44)(H,42,45)(H,46,54)(H,52,53)/t28?,32?,33-,35-/m0/s1. The lowest BCUT2D eigenvalue weighted by molar-refractivity contribution is -0.135. The molecule has 16 heteroatoms. The van der Waals surface area contributed by atoms with Crippen LogP contribution in [0.3, 0.4) is 0 Å². The molecule has 2 aliphatic heterocycles. The highest BCUT2D eigenvalue weighted by Gasteiger charge is 2.38. The summed E-state index contributed by atoms with van der Waals surface area (Å²) in [4.78, 5) is 74.3. The number of likely N-dealkylation sites (tertiary alicyclic amines) is 2. The van der Waals surface area contributed by atoms with E-state index in [0.29, 0.717) is 24.6 Å². The van der Waals surface area contributed by atoms with Gasteiger partial charge in [0.25, 0.3) is 0 Å². The van der Waals surface area contributed by atoms with Crippen LogP contribution >= 0.6 is 11.3 Å². The smallest absolute Gasteiger partial charge is 0.407 e. The van der Waals surface area contributed by atoms with E-state index in [1.807, 2.05) is 48.4 Å². The zero-order chi connectivity index (χ0) is 39.3. The van der Waals surface area contributed by atoms with E-state index < -0.39 is 24.3 Å². The number of alkyl carbamates (subject to hydrolysis) is 1. The van der Waals surface area contributed by atoms with E-state index >= 15 is 0 Å². The Kier molecular flexibility index (Phi) is 11.5. The zero-order valence-corrected chi connectivity index (χ0v) is 32.2. The molecule has 5 aromatic rings. The fraction of sp³-hybridized carbons (Fsp3) is 0.375. The van der Waals surface area contributed by atoms with Gasteiger partial charge in [-0.2, -0.15) is 0 Å². The molecule has 0 bridgehead atoms. The van der Waals surface area contributed by atoms with Crippen LogP contribution in [0.2, 0.25) is 0 Å². The fourth-order valence-corrected chi connectivity index (χ4v) is 8.20. The fourth-order valence-electron chi connectivity index (χ4n) is 7.60. The second kappa shape index (κ2) is 16.8. The molecule has 292 valence electrons. The molecule has 0 saturated carbocycles. The number of carboxylic acid groups (broad SMARTS) is 1. The van der Waals surface area contributed by atoms with Crippen molar-refractivity contribution in [3.8, 4) is 33.6 Å². The van der Waals surface area contributed by atoms with Gasteiger partial charge in [-0.25, -0.2) is 24.5 Å². The molecular weight excluding hydrogens is 735 g/mol. The molecule has 2 fully saturated rings. The van der Waals surface area contributed by atoms with Crippen molar-refractivity contribution in [3.63, 3.8) is 0 Å². The predicted octanol–water partition coefficient (Wildman–Crippen LogP) is 6.70. The lowest BCUT2D eigenvalue weighted by atomic mass is 10.0. The summed E-state index contributed by atoms with van der Waals surface area (Å²) < 4.78 is 4.78. The van der Waals surface area contributed by atoms with Crippen molar-refractivity contribution in [1.29, 1.82) is 0 Å². The van der Waals surface area contributed by atoms with E-state index in [4.69, 9.17) is 4.74 Å². The normalized spacial score (nSPS) is 17.9. The summed E-state index contributed by atoms with van der Waals surface area (Å²) in [5.41, 5.74) is 7.98. The van der Waals surface area contributed by atoms with Gasteiger partial charge in [-0.15, -0.1) is 11.3 Å². The van der Waals surface area contributed by atoms with Crippen LogP contribution in [0.25, 0.3) is 33.6 Å². The SMILES string of the molecule is COC(=O)NC(CC(=O)N1CCCC1c1ncc(-c2ccc(-c3ccc(-c4cnc([C@@H]5CCCN5C(=O)[C@@H](NC(=O)O)C(C)C)[nH]4)cc3)cc2)[nH]1)c1cscn1. The van der Waals surface area contributed by atoms with Crippen LogP contribution < -0.4 is 10.6 Å². The average Bonchev–Trinajstić information content (AvgIpc) is 4.05. The number of benzene rings is 2. The van der Waals surface area contributed by atoms with Crippen LogP contribution in [0.15, 0.2) is 71.8 Å². The topological polar surface area (TPSA) is 199 Å². The number of hydrogen-bond donors (Lipinski definition) is 5. The van der Waals surface area contributed by atoms with Gasteiger partial charge in [0.2, 0.25) is 11.8 Å². The Labute approximate surface area is 327 Å². The Morgan fingerprint density at radius 3 is 1.86 bits per heavy atom. The van der Waals surface area contributed by atoms with E-state index in [2.05, 4.69) is 59.8 Å². The summed E-state index contributed by atoms with van der Waals surface area (Å²) in [6.07, 6.45) is 4.99. The summed E-state index contributed by atoms with van der Waals surface area (Å²) in [7, 11) is 1.29. The lowest BCUT2D eigenvalue weighted by Crippen LogP contribution is -2.50. The van der Waals surface area contributed by atoms with Crippen LogP contribution in [0, 0.1) is 5.92 Å². The third-order valence-corrected chi connectivity index (χ3v) is 11.1. The Morgan fingerprint density at radius 2 is 1.36 bits per heavy atom. The lowest BCUT2D eigenvalue weighted by Gasteiger charge is -2.29. The number of aromatic amines is 2. The quantitative estimate of drug-likeness (QED) is 0.0915. The molecule has 0 radical (unpaired) electrons. The van der Waals surface area contributed by atoms with Crippen LogP contribution in [0.4, 0.5) is 9.59 Å².